The van der Waals surface area contributed by atoms with Crippen molar-refractivity contribution in [2.75, 3.05) is 7.11 Å². The van der Waals surface area contributed by atoms with E-state index in [1.165, 1.54) is 11.1 Å². The second-order valence-corrected chi connectivity index (χ2v) is 3.43. The Balaban J connectivity index is 2.77. The molecule has 1 rings (SSSR count). The Hall–Kier alpha value is -1.08. The van der Waals surface area contributed by atoms with Crippen LogP contribution in [0.1, 0.15) is 25.8 Å². The van der Waals surface area contributed by atoms with Gasteiger partial charge in [0, 0.05) is 7.11 Å². The highest BCUT2D eigenvalue weighted by Crippen LogP contribution is 2.13. The largest absolute Gasteiger partial charge is 0.377 e. The van der Waals surface area contributed by atoms with Crippen molar-refractivity contribution in [3.05, 3.63) is 41.5 Å². The zero-order chi connectivity index (χ0) is 10.4. The molecular formula is C13H18O. The SMILES string of the molecule is CCC(OC)C(C)=Cc1ccccc1. The molecular weight excluding hydrogens is 172 g/mol. The summed E-state index contributed by atoms with van der Waals surface area (Å²) >= 11 is 0. The van der Waals surface area contributed by atoms with Crippen molar-refractivity contribution in [1.29, 1.82) is 0 Å². The maximum Gasteiger partial charge on any atom is 0.0779 e. The van der Waals surface area contributed by atoms with Crippen LogP contribution in [0.25, 0.3) is 6.08 Å². The summed E-state index contributed by atoms with van der Waals surface area (Å²) in [4.78, 5) is 0. The van der Waals surface area contributed by atoms with E-state index < -0.39 is 0 Å². The molecule has 1 atom stereocenters. The van der Waals surface area contributed by atoms with Gasteiger partial charge in [0.2, 0.25) is 0 Å². The van der Waals surface area contributed by atoms with Gasteiger partial charge in [-0.3, -0.25) is 0 Å². The average molecular weight is 190 g/mol. The second kappa shape index (κ2) is 5.61. The van der Waals surface area contributed by atoms with Gasteiger partial charge in [0.25, 0.3) is 0 Å². The molecule has 0 aliphatic rings. The molecule has 0 aliphatic carbocycles. The lowest BCUT2D eigenvalue weighted by Crippen LogP contribution is -2.09. The van der Waals surface area contributed by atoms with Crippen molar-refractivity contribution in [2.24, 2.45) is 0 Å². The van der Waals surface area contributed by atoms with Gasteiger partial charge in [-0.05, 0) is 24.5 Å². The van der Waals surface area contributed by atoms with Crippen LogP contribution in [0.15, 0.2) is 35.9 Å². The van der Waals surface area contributed by atoms with Gasteiger partial charge in [0.05, 0.1) is 6.10 Å². The Labute approximate surface area is 86.4 Å². The molecule has 0 N–H and O–H groups in total. The predicted octanol–water partition coefficient (Wildman–Crippen LogP) is 3.51. The van der Waals surface area contributed by atoms with Crippen molar-refractivity contribution in [3.8, 4) is 0 Å². The second-order valence-electron chi connectivity index (χ2n) is 3.43. The zero-order valence-electron chi connectivity index (χ0n) is 9.16. The summed E-state index contributed by atoms with van der Waals surface area (Å²) in [5.74, 6) is 0. The first-order chi connectivity index (χ1) is 6.77. The lowest BCUT2D eigenvalue weighted by Gasteiger charge is -2.13. The normalized spacial score (nSPS) is 14.1. The summed E-state index contributed by atoms with van der Waals surface area (Å²) in [6.07, 6.45) is 3.44. The van der Waals surface area contributed by atoms with E-state index in [1.54, 1.807) is 7.11 Å². The molecule has 0 fully saturated rings. The Kier molecular flexibility index (Phi) is 4.41. The molecule has 1 unspecified atom stereocenters. The van der Waals surface area contributed by atoms with Crippen LogP contribution in [-0.4, -0.2) is 13.2 Å². The average Bonchev–Trinajstić information content (AvgIpc) is 2.21. The molecule has 76 valence electrons. The van der Waals surface area contributed by atoms with Crippen LogP contribution in [0.4, 0.5) is 0 Å². The van der Waals surface area contributed by atoms with E-state index in [-0.39, 0.29) is 6.10 Å². The van der Waals surface area contributed by atoms with Crippen LogP contribution in [0.3, 0.4) is 0 Å². The van der Waals surface area contributed by atoms with Crippen molar-refractivity contribution in [1.82, 2.24) is 0 Å². The van der Waals surface area contributed by atoms with Crippen LogP contribution in [-0.2, 0) is 4.74 Å². The van der Waals surface area contributed by atoms with Crippen LogP contribution >= 0.6 is 0 Å². The van der Waals surface area contributed by atoms with E-state index in [2.05, 4.69) is 32.1 Å². The summed E-state index contributed by atoms with van der Waals surface area (Å²) in [5, 5.41) is 0. The molecule has 0 spiro atoms. The third kappa shape index (κ3) is 3.00. The molecule has 0 heterocycles. The van der Waals surface area contributed by atoms with Gasteiger partial charge in [-0.1, -0.05) is 43.3 Å². The topological polar surface area (TPSA) is 9.23 Å². The van der Waals surface area contributed by atoms with Crippen molar-refractivity contribution >= 4 is 6.08 Å². The van der Waals surface area contributed by atoms with E-state index >= 15 is 0 Å². The van der Waals surface area contributed by atoms with Crippen molar-refractivity contribution < 1.29 is 4.74 Å². The van der Waals surface area contributed by atoms with Gasteiger partial charge in [-0.25, -0.2) is 0 Å². The zero-order valence-corrected chi connectivity index (χ0v) is 9.16. The fourth-order valence-corrected chi connectivity index (χ4v) is 1.58. The fourth-order valence-electron chi connectivity index (χ4n) is 1.58. The predicted molar refractivity (Wildman–Crippen MR) is 61.2 cm³/mol. The lowest BCUT2D eigenvalue weighted by atomic mass is 10.1. The number of methoxy groups -OCH3 is 1. The number of ether oxygens (including phenoxy) is 1. The quantitative estimate of drug-likeness (QED) is 0.706. The molecule has 1 heteroatoms. The minimum atomic E-state index is 0.246. The number of hydrogen-bond acceptors (Lipinski definition) is 1. The summed E-state index contributed by atoms with van der Waals surface area (Å²) in [6, 6.07) is 10.3. The smallest absolute Gasteiger partial charge is 0.0779 e. The molecule has 0 aliphatic heterocycles. The van der Waals surface area contributed by atoms with Crippen molar-refractivity contribution in [2.45, 2.75) is 26.4 Å². The summed E-state index contributed by atoms with van der Waals surface area (Å²) < 4.78 is 5.37. The highest BCUT2D eigenvalue weighted by Gasteiger charge is 2.05. The number of hydrogen-bond donors (Lipinski definition) is 0. The highest BCUT2D eigenvalue weighted by atomic mass is 16.5. The molecule has 0 amide bonds. The van der Waals surface area contributed by atoms with E-state index in [9.17, 15) is 0 Å². The number of rotatable bonds is 4. The molecule has 0 saturated heterocycles. The summed E-state index contributed by atoms with van der Waals surface area (Å²) in [7, 11) is 1.76. The molecule has 0 aromatic heterocycles. The van der Waals surface area contributed by atoms with Gasteiger partial charge in [0.1, 0.15) is 0 Å². The number of benzene rings is 1. The Morgan fingerprint density at radius 2 is 2.00 bits per heavy atom. The van der Waals surface area contributed by atoms with Gasteiger partial charge in [-0.2, -0.15) is 0 Å². The monoisotopic (exact) mass is 190 g/mol. The maximum absolute atomic E-state index is 5.37. The summed E-state index contributed by atoms with van der Waals surface area (Å²) in [5.41, 5.74) is 2.52. The maximum atomic E-state index is 5.37. The molecule has 0 radical (unpaired) electrons. The van der Waals surface area contributed by atoms with E-state index in [0.717, 1.165) is 6.42 Å². The third-order valence-corrected chi connectivity index (χ3v) is 2.36. The standard InChI is InChI=1S/C13H18O/c1-4-13(14-3)11(2)10-12-8-6-5-7-9-12/h5-10,13H,4H2,1-3H3. The van der Waals surface area contributed by atoms with Gasteiger partial charge in [-0.15, -0.1) is 0 Å². The Morgan fingerprint density at radius 3 is 2.50 bits per heavy atom. The highest BCUT2D eigenvalue weighted by molar-refractivity contribution is 5.52. The van der Waals surface area contributed by atoms with Crippen LogP contribution in [0, 0.1) is 0 Å². The first-order valence-electron chi connectivity index (χ1n) is 5.04. The van der Waals surface area contributed by atoms with Crippen LogP contribution in [0.2, 0.25) is 0 Å². The van der Waals surface area contributed by atoms with Gasteiger partial charge < -0.3 is 4.74 Å². The van der Waals surface area contributed by atoms with E-state index in [0.29, 0.717) is 0 Å². The van der Waals surface area contributed by atoms with Crippen molar-refractivity contribution in [3.63, 3.8) is 0 Å². The van der Waals surface area contributed by atoms with Crippen LogP contribution < -0.4 is 0 Å². The molecule has 1 aromatic rings. The molecule has 0 bridgehead atoms. The molecule has 0 saturated carbocycles. The Bertz CT molecular complexity index is 283. The third-order valence-electron chi connectivity index (χ3n) is 2.36. The van der Waals surface area contributed by atoms with E-state index in [1.807, 2.05) is 18.2 Å². The van der Waals surface area contributed by atoms with Crippen LogP contribution in [0.5, 0.6) is 0 Å². The molecule has 1 nitrogen and oxygen atoms in total. The molecule has 14 heavy (non-hydrogen) atoms. The van der Waals surface area contributed by atoms with Gasteiger partial charge >= 0.3 is 0 Å². The molecule has 1 aromatic carbocycles. The van der Waals surface area contributed by atoms with Gasteiger partial charge in [0.15, 0.2) is 0 Å². The summed E-state index contributed by atoms with van der Waals surface area (Å²) in [6.45, 7) is 4.25. The first-order valence-corrected chi connectivity index (χ1v) is 5.04. The first kappa shape index (κ1) is 11.0. The lowest BCUT2D eigenvalue weighted by molar-refractivity contribution is 0.129. The Morgan fingerprint density at radius 1 is 1.36 bits per heavy atom. The minimum Gasteiger partial charge on any atom is -0.377 e. The fraction of sp³-hybridized carbons (Fsp3) is 0.385. The van der Waals surface area contributed by atoms with E-state index in [4.69, 9.17) is 4.74 Å². The minimum absolute atomic E-state index is 0.246.